The van der Waals surface area contributed by atoms with E-state index in [1.165, 1.54) is 11.7 Å². The second-order valence-corrected chi connectivity index (χ2v) is 6.83. The first-order valence-corrected chi connectivity index (χ1v) is 8.69. The van der Waals surface area contributed by atoms with Crippen LogP contribution in [0.25, 0.3) is 11.0 Å². The molecule has 0 aliphatic rings. The third-order valence-corrected chi connectivity index (χ3v) is 4.66. The number of nitrogens with zero attached hydrogens (tertiary/aromatic N) is 5. The van der Waals surface area contributed by atoms with Crippen LogP contribution in [0.4, 0.5) is 0 Å². The van der Waals surface area contributed by atoms with Gasteiger partial charge in [-0.05, 0) is 24.6 Å². The minimum absolute atomic E-state index is 0.0615. The SMILES string of the molecule is CC(C)c1nccn1C(C)C(=O)N(C)Cc1ccc2nsnc2c1. The molecule has 0 N–H and O–H groups in total. The van der Waals surface area contributed by atoms with Gasteiger partial charge >= 0.3 is 0 Å². The lowest BCUT2D eigenvalue weighted by Crippen LogP contribution is -2.33. The summed E-state index contributed by atoms with van der Waals surface area (Å²) in [6.45, 7) is 6.62. The van der Waals surface area contributed by atoms with Gasteiger partial charge in [0, 0.05) is 31.9 Å². The summed E-state index contributed by atoms with van der Waals surface area (Å²) in [7, 11) is 1.83. The molecule has 6 nitrogen and oxygen atoms in total. The van der Waals surface area contributed by atoms with E-state index in [1.807, 2.05) is 42.9 Å². The highest BCUT2D eigenvalue weighted by atomic mass is 32.1. The van der Waals surface area contributed by atoms with E-state index in [4.69, 9.17) is 0 Å². The minimum atomic E-state index is -0.278. The van der Waals surface area contributed by atoms with Gasteiger partial charge in [-0.25, -0.2) is 4.98 Å². The average Bonchev–Trinajstić information content (AvgIpc) is 3.21. The largest absolute Gasteiger partial charge is 0.340 e. The summed E-state index contributed by atoms with van der Waals surface area (Å²) in [5, 5.41) is 0. The van der Waals surface area contributed by atoms with Crippen LogP contribution in [0.5, 0.6) is 0 Å². The first-order valence-electron chi connectivity index (χ1n) is 7.96. The third kappa shape index (κ3) is 3.17. The van der Waals surface area contributed by atoms with Gasteiger partial charge in [0.1, 0.15) is 22.9 Å². The quantitative estimate of drug-likeness (QED) is 0.713. The van der Waals surface area contributed by atoms with E-state index in [0.29, 0.717) is 6.54 Å². The van der Waals surface area contributed by atoms with Gasteiger partial charge in [0.05, 0.1) is 11.7 Å². The Kier molecular flexibility index (Phi) is 4.62. The number of amides is 1. The molecule has 0 saturated carbocycles. The number of imidazole rings is 1. The van der Waals surface area contributed by atoms with Crippen molar-refractivity contribution in [2.24, 2.45) is 0 Å². The van der Waals surface area contributed by atoms with Gasteiger partial charge in [-0.15, -0.1) is 0 Å². The Labute approximate surface area is 145 Å². The predicted octanol–water partition coefficient (Wildman–Crippen LogP) is 3.23. The number of aromatic nitrogens is 4. The number of hydrogen-bond acceptors (Lipinski definition) is 5. The normalized spacial score (nSPS) is 12.7. The van der Waals surface area contributed by atoms with Crippen molar-refractivity contribution < 1.29 is 4.79 Å². The van der Waals surface area contributed by atoms with E-state index in [9.17, 15) is 4.79 Å². The smallest absolute Gasteiger partial charge is 0.245 e. The summed E-state index contributed by atoms with van der Waals surface area (Å²) in [4.78, 5) is 18.9. The number of carbonyl (C=O) groups excluding carboxylic acids is 1. The number of benzene rings is 1. The van der Waals surface area contributed by atoms with Crippen LogP contribution in [0.1, 0.15) is 44.1 Å². The summed E-state index contributed by atoms with van der Waals surface area (Å²) >= 11 is 1.20. The van der Waals surface area contributed by atoms with E-state index >= 15 is 0 Å². The first kappa shape index (κ1) is 16.6. The fourth-order valence-corrected chi connectivity index (χ4v) is 3.33. The van der Waals surface area contributed by atoms with Crippen LogP contribution < -0.4 is 0 Å². The Morgan fingerprint density at radius 3 is 2.75 bits per heavy atom. The molecule has 0 aliphatic carbocycles. The molecule has 7 heteroatoms. The molecule has 3 aromatic rings. The van der Waals surface area contributed by atoms with Crippen molar-refractivity contribution >= 4 is 28.7 Å². The maximum absolute atomic E-state index is 12.8. The second-order valence-electron chi connectivity index (χ2n) is 6.30. The summed E-state index contributed by atoms with van der Waals surface area (Å²) in [6.07, 6.45) is 3.63. The monoisotopic (exact) mass is 343 g/mol. The highest BCUT2D eigenvalue weighted by molar-refractivity contribution is 7.00. The second kappa shape index (κ2) is 6.68. The maximum Gasteiger partial charge on any atom is 0.245 e. The van der Waals surface area contributed by atoms with E-state index < -0.39 is 0 Å². The Balaban J connectivity index is 1.74. The molecule has 0 spiro atoms. The molecule has 126 valence electrons. The zero-order valence-electron chi connectivity index (χ0n) is 14.3. The predicted molar refractivity (Wildman–Crippen MR) is 94.9 cm³/mol. The van der Waals surface area contributed by atoms with Crippen LogP contribution in [0, 0.1) is 0 Å². The van der Waals surface area contributed by atoms with Gasteiger partial charge in [-0.1, -0.05) is 19.9 Å². The van der Waals surface area contributed by atoms with E-state index in [-0.39, 0.29) is 17.9 Å². The molecule has 2 aromatic heterocycles. The molecule has 0 bridgehead atoms. The highest BCUT2D eigenvalue weighted by Crippen LogP contribution is 2.20. The van der Waals surface area contributed by atoms with Gasteiger partial charge in [0.25, 0.3) is 0 Å². The lowest BCUT2D eigenvalue weighted by Gasteiger charge is -2.24. The van der Waals surface area contributed by atoms with Crippen molar-refractivity contribution in [2.45, 2.75) is 39.3 Å². The van der Waals surface area contributed by atoms with Crippen molar-refractivity contribution in [3.63, 3.8) is 0 Å². The maximum atomic E-state index is 12.8. The topological polar surface area (TPSA) is 63.9 Å². The molecule has 1 unspecified atom stereocenters. The Bertz CT molecular complexity index is 853. The zero-order chi connectivity index (χ0) is 17.3. The molecule has 1 amide bonds. The number of fused-ring (bicyclic) bond motifs is 1. The zero-order valence-corrected chi connectivity index (χ0v) is 15.1. The lowest BCUT2D eigenvalue weighted by atomic mass is 10.1. The van der Waals surface area contributed by atoms with Crippen molar-refractivity contribution in [3.8, 4) is 0 Å². The van der Waals surface area contributed by atoms with Gasteiger partial charge in [0.15, 0.2) is 0 Å². The molecule has 0 radical (unpaired) electrons. The number of likely N-dealkylation sites (N-methyl/N-ethyl adjacent to an activating group) is 1. The minimum Gasteiger partial charge on any atom is -0.340 e. The molecule has 1 aromatic carbocycles. The molecule has 0 saturated heterocycles. The highest BCUT2D eigenvalue weighted by Gasteiger charge is 2.22. The molecule has 1 atom stereocenters. The van der Waals surface area contributed by atoms with Gasteiger partial charge in [0.2, 0.25) is 5.91 Å². The number of carbonyl (C=O) groups is 1. The van der Waals surface area contributed by atoms with Crippen molar-refractivity contribution in [3.05, 3.63) is 42.0 Å². The summed E-state index contributed by atoms with van der Waals surface area (Å²) in [6, 6.07) is 5.65. The van der Waals surface area contributed by atoms with Crippen molar-refractivity contribution in [1.29, 1.82) is 0 Å². The van der Waals surface area contributed by atoms with Crippen LogP contribution in [0.3, 0.4) is 0 Å². The van der Waals surface area contributed by atoms with Crippen LogP contribution in [-0.2, 0) is 11.3 Å². The molecule has 24 heavy (non-hydrogen) atoms. The Morgan fingerprint density at radius 2 is 2.00 bits per heavy atom. The van der Waals surface area contributed by atoms with Crippen LogP contribution in [-0.4, -0.2) is 36.2 Å². The van der Waals surface area contributed by atoms with Crippen molar-refractivity contribution in [1.82, 2.24) is 23.2 Å². The Morgan fingerprint density at radius 1 is 1.25 bits per heavy atom. The summed E-state index contributed by atoms with van der Waals surface area (Å²) < 4.78 is 10.4. The van der Waals surface area contributed by atoms with E-state index in [1.54, 1.807) is 11.1 Å². The van der Waals surface area contributed by atoms with E-state index in [0.717, 1.165) is 22.4 Å². The first-order chi connectivity index (χ1) is 11.5. The average molecular weight is 343 g/mol. The number of hydrogen-bond donors (Lipinski definition) is 0. The van der Waals surface area contributed by atoms with Gasteiger partial charge < -0.3 is 9.47 Å². The number of rotatable bonds is 5. The van der Waals surface area contributed by atoms with Gasteiger partial charge in [-0.2, -0.15) is 8.75 Å². The fraction of sp³-hybridized carbons (Fsp3) is 0.412. The molecular weight excluding hydrogens is 322 g/mol. The molecule has 2 heterocycles. The van der Waals surface area contributed by atoms with Crippen molar-refractivity contribution in [2.75, 3.05) is 7.05 Å². The molecule has 0 fully saturated rings. The van der Waals surface area contributed by atoms with Crippen LogP contribution >= 0.6 is 11.7 Å². The fourth-order valence-electron chi connectivity index (χ4n) is 2.82. The van der Waals surface area contributed by atoms with Gasteiger partial charge in [-0.3, -0.25) is 4.79 Å². The third-order valence-electron chi connectivity index (χ3n) is 4.10. The standard InChI is InChI=1S/C17H21N5OS/c1-11(2)16-18-7-8-22(16)12(3)17(23)21(4)10-13-5-6-14-15(9-13)20-24-19-14/h5-9,11-12H,10H2,1-4H3. The van der Waals surface area contributed by atoms with Crippen LogP contribution in [0.2, 0.25) is 0 Å². The molecular formula is C17H21N5OS. The molecule has 3 rings (SSSR count). The van der Waals surface area contributed by atoms with Crippen LogP contribution in [0.15, 0.2) is 30.6 Å². The lowest BCUT2D eigenvalue weighted by molar-refractivity contribution is -0.133. The molecule has 0 aliphatic heterocycles. The Hall–Kier alpha value is -2.28. The summed E-state index contributed by atoms with van der Waals surface area (Å²) in [5.41, 5.74) is 2.82. The summed E-state index contributed by atoms with van der Waals surface area (Å²) in [5.74, 6) is 1.27. The van der Waals surface area contributed by atoms with E-state index in [2.05, 4.69) is 27.6 Å².